The van der Waals surface area contributed by atoms with Crippen molar-refractivity contribution < 1.29 is 14.7 Å². The Kier molecular flexibility index (Phi) is 3.49. The van der Waals surface area contributed by atoms with Crippen molar-refractivity contribution in [1.29, 1.82) is 0 Å². The summed E-state index contributed by atoms with van der Waals surface area (Å²) in [7, 11) is 0. The Balaban J connectivity index is 2.55. The minimum absolute atomic E-state index is 0.165. The summed E-state index contributed by atoms with van der Waals surface area (Å²) < 4.78 is 1.83. The van der Waals surface area contributed by atoms with Crippen molar-refractivity contribution >= 4 is 11.9 Å². The van der Waals surface area contributed by atoms with E-state index in [4.69, 9.17) is 5.11 Å². The number of aliphatic carboxylic acids is 1. The lowest BCUT2D eigenvalue weighted by Gasteiger charge is -2.08. The molecule has 0 aromatic carbocycles. The minimum atomic E-state index is -1.04. The number of nitrogens with one attached hydrogen (secondary N) is 1. The topological polar surface area (TPSA) is 71.3 Å². The number of hydrogen-bond donors (Lipinski definition) is 2. The van der Waals surface area contributed by atoms with E-state index in [0.717, 1.165) is 11.4 Å². The summed E-state index contributed by atoms with van der Waals surface area (Å²) in [6.07, 6.45) is 0. The second kappa shape index (κ2) is 4.63. The third-order valence-electron chi connectivity index (χ3n) is 2.16. The number of nitrogens with zero attached hydrogens (tertiary/aromatic N) is 1. The number of carboxylic acid groups (broad SMARTS) is 1. The Morgan fingerprint density at radius 1 is 1.33 bits per heavy atom. The quantitative estimate of drug-likeness (QED) is 0.751. The van der Waals surface area contributed by atoms with E-state index in [1.54, 1.807) is 0 Å². The molecule has 0 unspecified atom stereocenters. The minimum Gasteiger partial charge on any atom is -0.480 e. The molecule has 1 aromatic rings. The summed E-state index contributed by atoms with van der Waals surface area (Å²) in [5.74, 6) is -1.33. The lowest BCUT2D eigenvalue weighted by Crippen LogP contribution is -2.32. The zero-order valence-corrected chi connectivity index (χ0v) is 8.78. The van der Waals surface area contributed by atoms with Crippen molar-refractivity contribution in [1.82, 2.24) is 9.88 Å². The van der Waals surface area contributed by atoms with E-state index < -0.39 is 5.97 Å². The average molecular weight is 210 g/mol. The van der Waals surface area contributed by atoms with Gasteiger partial charge in [-0.3, -0.25) is 9.59 Å². The standard InChI is InChI=1S/C10H14N2O3/c1-7-3-4-8(2)12(7)6-9(13)11-5-10(14)15/h3-4H,5-6H2,1-2H3,(H,11,13)(H,14,15). The van der Waals surface area contributed by atoms with E-state index >= 15 is 0 Å². The molecule has 0 aliphatic rings. The molecular weight excluding hydrogens is 196 g/mol. The van der Waals surface area contributed by atoms with Crippen LogP contribution in [0.4, 0.5) is 0 Å². The van der Waals surface area contributed by atoms with Gasteiger partial charge in [0.15, 0.2) is 0 Å². The summed E-state index contributed by atoms with van der Waals surface area (Å²) >= 11 is 0. The van der Waals surface area contributed by atoms with Gasteiger partial charge in [0.05, 0.1) is 0 Å². The molecule has 0 saturated heterocycles. The SMILES string of the molecule is Cc1ccc(C)n1CC(=O)NCC(=O)O. The number of amides is 1. The highest BCUT2D eigenvalue weighted by atomic mass is 16.4. The van der Waals surface area contributed by atoms with Crippen molar-refractivity contribution in [2.75, 3.05) is 6.54 Å². The summed E-state index contributed by atoms with van der Waals surface area (Å²) in [6.45, 7) is 3.63. The molecule has 5 heteroatoms. The molecule has 0 bridgehead atoms. The molecule has 5 nitrogen and oxygen atoms in total. The molecule has 0 aliphatic carbocycles. The van der Waals surface area contributed by atoms with Crippen LogP contribution in [0.25, 0.3) is 0 Å². The highest BCUT2D eigenvalue weighted by Crippen LogP contribution is 2.06. The van der Waals surface area contributed by atoms with Crippen LogP contribution in [-0.4, -0.2) is 28.1 Å². The molecular formula is C10H14N2O3. The summed E-state index contributed by atoms with van der Waals surface area (Å²) in [6, 6.07) is 3.83. The van der Waals surface area contributed by atoms with Gasteiger partial charge in [0, 0.05) is 11.4 Å². The molecule has 1 rings (SSSR count). The zero-order valence-electron chi connectivity index (χ0n) is 8.78. The molecule has 1 heterocycles. The second-order valence-electron chi connectivity index (χ2n) is 3.37. The van der Waals surface area contributed by atoms with Gasteiger partial charge in [0.1, 0.15) is 13.1 Å². The van der Waals surface area contributed by atoms with E-state index in [2.05, 4.69) is 5.32 Å². The highest BCUT2D eigenvalue weighted by Gasteiger charge is 2.07. The van der Waals surface area contributed by atoms with E-state index in [9.17, 15) is 9.59 Å². The third-order valence-corrected chi connectivity index (χ3v) is 2.16. The Hall–Kier alpha value is -1.78. The van der Waals surface area contributed by atoms with Crippen LogP contribution in [0, 0.1) is 13.8 Å². The smallest absolute Gasteiger partial charge is 0.322 e. The Morgan fingerprint density at radius 3 is 2.33 bits per heavy atom. The van der Waals surface area contributed by atoms with Crippen molar-refractivity contribution in [3.8, 4) is 0 Å². The fourth-order valence-electron chi connectivity index (χ4n) is 1.32. The van der Waals surface area contributed by atoms with Gasteiger partial charge in [-0.1, -0.05) is 0 Å². The zero-order chi connectivity index (χ0) is 11.4. The van der Waals surface area contributed by atoms with Crippen molar-refractivity contribution in [3.05, 3.63) is 23.5 Å². The molecule has 0 radical (unpaired) electrons. The van der Waals surface area contributed by atoms with E-state index in [0.29, 0.717) is 0 Å². The molecule has 1 aromatic heterocycles. The number of carbonyl (C=O) groups excluding carboxylic acids is 1. The van der Waals surface area contributed by atoms with Crippen LogP contribution < -0.4 is 5.32 Å². The van der Waals surface area contributed by atoms with Gasteiger partial charge in [-0.05, 0) is 26.0 Å². The number of rotatable bonds is 4. The molecule has 15 heavy (non-hydrogen) atoms. The van der Waals surface area contributed by atoms with Crippen LogP contribution in [0.5, 0.6) is 0 Å². The third kappa shape index (κ3) is 3.12. The van der Waals surface area contributed by atoms with Crippen LogP contribution in [0.15, 0.2) is 12.1 Å². The average Bonchev–Trinajstić information content (AvgIpc) is 2.46. The molecule has 2 N–H and O–H groups in total. The number of aromatic nitrogens is 1. The summed E-state index contributed by atoms with van der Waals surface area (Å²) in [5.41, 5.74) is 1.97. The molecule has 0 atom stereocenters. The molecule has 0 saturated carbocycles. The molecule has 0 spiro atoms. The van der Waals surface area contributed by atoms with Crippen molar-refractivity contribution in [3.63, 3.8) is 0 Å². The van der Waals surface area contributed by atoms with Gasteiger partial charge in [-0.2, -0.15) is 0 Å². The van der Waals surface area contributed by atoms with Crippen LogP contribution in [0.1, 0.15) is 11.4 Å². The van der Waals surface area contributed by atoms with Gasteiger partial charge >= 0.3 is 5.97 Å². The van der Waals surface area contributed by atoms with Crippen molar-refractivity contribution in [2.24, 2.45) is 0 Å². The lowest BCUT2D eigenvalue weighted by molar-refractivity contribution is -0.138. The maximum Gasteiger partial charge on any atom is 0.322 e. The maximum atomic E-state index is 11.3. The number of hydrogen-bond acceptors (Lipinski definition) is 2. The van der Waals surface area contributed by atoms with Gasteiger partial charge in [-0.15, -0.1) is 0 Å². The first-order chi connectivity index (χ1) is 7.00. The highest BCUT2D eigenvalue weighted by molar-refractivity contribution is 5.81. The van der Waals surface area contributed by atoms with Gasteiger partial charge < -0.3 is 15.0 Å². The largest absolute Gasteiger partial charge is 0.480 e. The van der Waals surface area contributed by atoms with Gasteiger partial charge in [0.25, 0.3) is 0 Å². The Labute approximate surface area is 87.7 Å². The predicted octanol–water partition coefficient (Wildman–Crippen LogP) is 0.306. The lowest BCUT2D eigenvalue weighted by atomic mass is 10.4. The van der Waals surface area contributed by atoms with Gasteiger partial charge in [0.2, 0.25) is 5.91 Å². The first-order valence-electron chi connectivity index (χ1n) is 4.62. The van der Waals surface area contributed by atoms with Crippen LogP contribution in [0.3, 0.4) is 0 Å². The molecule has 82 valence electrons. The second-order valence-corrected chi connectivity index (χ2v) is 3.37. The van der Waals surface area contributed by atoms with E-state index in [1.165, 1.54) is 0 Å². The first kappa shape index (κ1) is 11.3. The van der Waals surface area contributed by atoms with Crippen LogP contribution in [-0.2, 0) is 16.1 Å². The maximum absolute atomic E-state index is 11.3. The molecule has 0 fully saturated rings. The van der Waals surface area contributed by atoms with Crippen LogP contribution in [0.2, 0.25) is 0 Å². The fourth-order valence-corrected chi connectivity index (χ4v) is 1.32. The van der Waals surface area contributed by atoms with Gasteiger partial charge in [-0.25, -0.2) is 0 Å². The summed E-state index contributed by atoms with van der Waals surface area (Å²) in [5, 5.41) is 10.7. The fraction of sp³-hybridized carbons (Fsp3) is 0.400. The molecule has 0 aliphatic heterocycles. The number of carbonyl (C=O) groups is 2. The summed E-state index contributed by atoms with van der Waals surface area (Å²) in [4.78, 5) is 21.5. The van der Waals surface area contributed by atoms with Crippen LogP contribution >= 0.6 is 0 Å². The van der Waals surface area contributed by atoms with E-state index in [-0.39, 0.29) is 19.0 Å². The predicted molar refractivity (Wildman–Crippen MR) is 54.6 cm³/mol. The normalized spacial score (nSPS) is 10.0. The Morgan fingerprint density at radius 2 is 1.87 bits per heavy atom. The molecule has 1 amide bonds. The Bertz CT molecular complexity index is 363. The monoisotopic (exact) mass is 210 g/mol. The first-order valence-corrected chi connectivity index (χ1v) is 4.62. The van der Waals surface area contributed by atoms with E-state index in [1.807, 2.05) is 30.5 Å². The van der Waals surface area contributed by atoms with Crippen molar-refractivity contribution in [2.45, 2.75) is 20.4 Å². The number of carboxylic acids is 1. The number of aryl methyl sites for hydroxylation is 2.